The summed E-state index contributed by atoms with van der Waals surface area (Å²) < 4.78 is 0. The van der Waals surface area contributed by atoms with Gasteiger partial charge in [0.2, 0.25) is 5.91 Å². The summed E-state index contributed by atoms with van der Waals surface area (Å²) in [4.78, 5) is 12.0. The lowest BCUT2D eigenvalue weighted by atomic mass is 9.91. The van der Waals surface area contributed by atoms with Crippen LogP contribution < -0.4 is 10.6 Å². The first kappa shape index (κ1) is 17.7. The summed E-state index contributed by atoms with van der Waals surface area (Å²) in [6.45, 7) is 3.91. The lowest BCUT2D eigenvalue weighted by molar-refractivity contribution is -0.125. The molecule has 1 fully saturated rings. The van der Waals surface area contributed by atoms with E-state index in [9.17, 15) is 4.79 Å². The molecule has 1 amide bonds. The molecule has 0 saturated heterocycles. The highest BCUT2D eigenvalue weighted by atomic mass is 35.5. The Balaban J connectivity index is 0.00000289. The summed E-state index contributed by atoms with van der Waals surface area (Å²) in [7, 11) is 1.94. The third kappa shape index (κ3) is 6.60. The number of hydrogen-bond donors (Lipinski definition) is 2. The molecule has 0 heterocycles. The number of hydrogen-bond acceptors (Lipinski definition) is 2. The van der Waals surface area contributed by atoms with Crippen molar-refractivity contribution in [3.8, 4) is 0 Å². The summed E-state index contributed by atoms with van der Waals surface area (Å²) in [6, 6.07) is 0. The van der Waals surface area contributed by atoms with E-state index in [0.717, 1.165) is 38.3 Å². The average Bonchev–Trinajstić information content (AvgIpc) is 2.84. The lowest BCUT2D eigenvalue weighted by Gasteiger charge is -2.18. The van der Waals surface area contributed by atoms with Crippen LogP contribution in [0.1, 0.15) is 51.9 Å². The van der Waals surface area contributed by atoms with Crippen molar-refractivity contribution in [2.45, 2.75) is 51.9 Å². The molecular weight excluding hydrogens is 248 g/mol. The van der Waals surface area contributed by atoms with E-state index in [1.54, 1.807) is 0 Å². The Kier molecular flexibility index (Phi) is 10.5. The minimum atomic E-state index is 0. The van der Waals surface area contributed by atoms with Gasteiger partial charge in [-0.3, -0.25) is 4.79 Å². The van der Waals surface area contributed by atoms with Crippen LogP contribution in [-0.4, -0.2) is 26.0 Å². The molecule has 2 N–H and O–H groups in total. The van der Waals surface area contributed by atoms with Crippen LogP contribution in [0.25, 0.3) is 0 Å². The zero-order chi connectivity index (χ0) is 12.5. The highest BCUT2D eigenvalue weighted by Crippen LogP contribution is 2.31. The zero-order valence-electron chi connectivity index (χ0n) is 11.8. The average molecular weight is 277 g/mol. The summed E-state index contributed by atoms with van der Waals surface area (Å²) in [6.07, 6.45) is 8.51. The maximum Gasteiger partial charge on any atom is 0.223 e. The maximum atomic E-state index is 12.0. The molecule has 0 radical (unpaired) electrons. The van der Waals surface area contributed by atoms with E-state index in [1.807, 2.05) is 7.05 Å². The molecule has 1 aliphatic rings. The molecular formula is C14H29ClN2O. The Hall–Kier alpha value is -0.280. The summed E-state index contributed by atoms with van der Waals surface area (Å²) in [5, 5.41) is 6.16. The van der Waals surface area contributed by atoms with E-state index in [-0.39, 0.29) is 24.2 Å². The Bertz CT molecular complexity index is 218. The Morgan fingerprint density at radius 2 is 1.94 bits per heavy atom. The Morgan fingerprint density at radius 3 is 2.50 bits per heavy atom. The molecule has 4 heteroatoms. The first-order valence-corrected chi connectivity index (χ1v) is 7.20. The fourth-order valence-corrected chi connectivity index (χ4v) is 2.73. The minimum absolute atomic E-state index is 0. The summed E-state index contributed by atoms with van der Waals surface area (Å²) in [5.41, 5.74) is 0. The predicted octanol–water partition coefficient (Wildman–Crippen LogP) is 2.74. The molecule has 108 valence electrons. The second-order valence-corrected chi connectivity index (χ2v) is 5.24. The van der Waals surface area contributed by atoms with Crippen molar-refractivity contribution in [3.05, 3.63) is 0 Å². The lowest BCUT2D eigenvalue weighted by Crippen LogP contribution is -2.33. The van der Waals surface area contributed by atoms with Gasteiger partial charge in [-0.05, 0) is 38.8 Å². The van der Waals surface area contributed by atoms with Crippen LogP contribution in [0.15, 0.2) is 0 Å². The van der Waals surface area contributed by atoms with Gasteiger partial charge in [0.1, 0.15) is 0 Å². The van der Waals surface area contributed by atoms with Crippen LogP contribution in [0.5, 0.6) is 0 Å². The van der Waals surface area contributed by atoms with Gasteiger partial charge in [0.05, 0.1) is 0 Å². The van der Waals surface area contributed by atoms with Gasteiger partial charge in [0, 0.05) is 12.5 Å². The van der Waals surface area contributed by atoms with E-state index in [2.05, 4.69) is 17.6 Å². The van der Waals surface area contributed by atoms with Gasteiger partial charge < -0.3 is 10.6 Å². The molecule has 1 saturated carbocycles. The molecule has 0 bridgehead atoms. The number of nitrogens with one attached hydrogen (secondary N) is 2. The smallest absolute Gasteiger partial charge is 0.223 e. The summed E-state index contributed by atoms with van der Waals surface area (Å²) in [5.74, 6) is 1.33. The van der Waals surface area contributed by atoms with Crippen molar-refractivity contribution >= 4 is 18.3 Å². The molecule has 3 nitrogen and oxygen atoms in total. The normalized spacial score (nSPS) is 17.2. The van der Waals surface area contributed by atoms with E-state index in [4.69, 9.17) is 0 Å². The van der Waals surface area contributed by atoms with Crippen molar-refractivity contribution in [1.29, 1.82) is 0 Å². The SMILES string of the molecule is CCC(CC1CCCC1)C(=O)NCCCNC.Cl. The first-order valence-electron chi connectivity index (χ1n) is 7.20. The van der Waals surface area contributed by atoms with Crippen molar-refractivity contribution < 1.29 is 4.79 Å². The quantitative estimate of drug-likeness (QED) is 0.670. The van der Waals surface area contributed by atoms with Gasteiger partial charge in [-0.2, -0.15) is 0 Å². The van der Waals surface area contributed by atoms with Crippen LogP contribution in [0, 0.1) is 11.8 Å². The van der Waals surface area contributed by atoms with Crippen LogP contribution in [0.4, 0.5) is 0 Å². The molecule has 1 aliphatic carbocycles. The van der Waals surface area contributed by atoms with E-state index in [0.29, 0.717) is 0 Å². The molecule has 0 spiro atoms. The fourth-order valence-electron chi connectivity index (χ4n) is 2.73. The molecule has 0 aromatic rings. The van der Waals surface area contributed by atoms with Gasteiger partial charge in [-0.25, -0.2) is 0 Å². The summed E-state index contributed by atoms with van der Waals surface area (Å²) >= 11 is 0. The van der Waals surface area contributed by atoms with Crippen LogP contribution in [0.2, 0.25) is 0 Å². The molecule has 1 unspecified atom stereocenters. The number of amides is 1. The van der Waals surface area contributed by atoms with Crippen molar-refractivity contribution in [2.24, 2.45) is 11.8 Å². The number of carbonyl (C=O) groups excluding carboxylic acids is 1. The molecule has 1 rings (SSSR count). The Labute approximate surface area is 118 Å². The predicted molar refractivity (Wildman–Crippen MR) is 79.2 cm³/mol. The standard InChI is InChI=1S/C14H28N2O.ClH/c1-3-13(11-12-7-4-5-8-12)14(17)16-10-6-9-15-2;/h12-13,15H,3-11H2,1-2H3,(H,16,17);1H. The molecule has 18 heavy (non-hydrogen) atoms. The third-order valence-electron chi connectivity index (χ3n) is 3.86. The van der Waals surface area contributed by atoms with E-state index in [1.165, 1.54) is 25.7 Å². The largest absolute Gasteiger partial charge is 0.356 e. The second kappa shape index (κ2) is 10.6. The first-order chi connectivity index (χ1) is 8.27. The van der Waals surface area contributed by atoms with Crippen molar-refractivity contribution in [3.63, 3.8) is 0 Å². The monoisotopic (exact) mass is 276 g/mol. The van der Waals surface area contributed by atoms with Gasteiger partial charge in [-0.15, -0.1) is 12.4 Å². The third-order valence-corrected chi connectivity index (χ3v) is 3.86. The van der Waals surface area contributed by atoms with Crippen molar-refractivity contribution in [1.82, 2.24) is 10.6 Å². The van der Waals surface area contributed by atoms with Gasteiger partial charge >= 0.3 is 0 Å². The topological polar surface area (TPSA) is 41.1 Å². The minimum Gasteiger partial charge on any atom is -0.356 e. The van der Waals surface area contributed by atoms with Crippen LogP contribution in [-0.2, 0) is 4.79 Å². The van der Waals surface area contributed by atoms with Crippen LogP contribution in [0.3, 0.4) is 0 Å². The Morgan fingerprint density at radius 1 is 1.28 bits per heavy atom. The van der Waals surface area contributed by atoms with Gasteiger partial charge in [0.25, 0.3) is 0 Å². The molecule has 1 atom stereocenters. The highest BCUT2D eigenvalue weighted by Gasteiger charge is 2.23. The number of halogens is 1. The van der Waals surface area contributed by atoms with E-state index < -0.39 is 0 Å². The fraction of sp³-hybridized carbons (Fsp3) is 0.929. The molecule has 0 aliphatic heterocycles. The van der Waals surface area contributed by atoms with E-state index >= 15 is 0 Å². The van der Waals surface area contributed by atoms with Crippen molar-refractivity contribution in [2.75, 3.05) is 20.1 Å². The van der Waals surface area contributed by atoms with Crippen LogP contribution >= 0.6 is 12.4 Å². The molecule has 0 aromatic carbocycles. The molecule has 0 aromatic heterocycles. The highest BCUT2D eigenvalue weighted by molar-refractivity contribution is 5.85. The zero-order valence-corrected chi connectivity index (χ0v) is 12.7. The van der Waals surface area contributed by atoms with Gasteiger partial charge in [0.15, 0.2) is 0 Å². The number of carbonyl (C=O) groups is 1. The second-order valence-electron chi connectivity index (χ2n) is 5.24. The van der Waals surface area contributed by atoms with Gasteiger partial charge in [-0.1, -0.05) is 32.6 Å². The maximum absolute atomic E-state index is 12.0. The number of rotatable bonds is 8.